The molecule has 3 heterocycles. The van der Waals surface area contributed by atoms with Gasteiger partial charge in [0.25, 0.3) is 0 Å². The lowest BCUT2D eigenvalue weighted by Gasteiger charge is -2.27. The van der Waals surface area contributed by atoms with Gasteiger partial charge in [-0.1, -0.05) is 0 Å². The average molecular weight is 280 g/mol. The molecule has 6 heteroatoms. The molecule has 0 amide bonds. The Morgan fingerprint density at radius 2 is 2.47 bits per heavy atom. The van der Waals surface area contributed by atoms with Gasteiger partial charge in [0, 0.05) is 31.8 Å². The second-order valence-electron chi connectivity index (χ2n) is 5.01. The van der Waals surface area contributed by atoms with E-state index in [2.05, 4.69) is 40.2 Å². The smallest absolute Gasteiger partial charge is 0.195 e. The van der Waals surface area contributed by atoms with E-state index in [9.17, 15) is 0 Å². The number of ether oxygens (including phenoxy) is 1. The maximum Gasteiger partial charge on any atom is 0.195 e. The first-order valence-electron chi connectivity index (χ1n) is 6.66. The first kappa shape index (κ1) is 12.9. The van der Waals surface area contributed by atoms with Crippen LogP contribution >= 0.6 is 11.3 Å². The number of anilines is 1. The summed E-state index contributed by atoms with van der Waals surface area (Å²) in [5.41, 5.74) is 1.22. The van der Waals surface area contributed by atoms with E-state index in [1.807, 2.05) is 7.05 Å². The Balaban J connectivity index is 1.98. The summed E-state index contributed by atoms with van der Waals surface area (Å²) < 4.78 is 7.85. The molecule has 1 aliphatic heterocycles. The van der Waals surface area contributed by atoms with E-state index in [-0.39, 0.29) is 6.10 Å². The third-order valence-electron chi connectivity index (χ3n) is 3.85. The van der Waals surface area contributed by atoms with Crippen LogP contribution < -0.4 is 10.2 Å². The molecule has 0 aromatic carbocycles. The predicted molar refractivity (Wildman–Crippen MR) is 78.1 cm³/mol. The molecule has 0 spiro atoms. The topological polar surface area (TPSA) is 41.8 Å². The quantitative estimate of drug-likeness (QED) is 0.926. The van der Waals surface area contributed by atoms with Gasteiger partial charge in [-0.05, 0) is 20.4 Å². The SMILES string of the molecule is CNCc1c(N(C)C2CCOC2C)nc2sccn12. The molecule has 0 aliphatic carbocycles. The molecule has 3 rings (SSSR count). The Morgan fingerprint density at radius 1 is 1.63 bits per heavy atom. The molecule has 0 bridgehead atoms. The van der Waals surface area contributed by atoms with Crippen LogP contribution in [0.4, 0.5) is 5.82 Å². The fourth-order valence-electron chi connectivity index (χ4n) is 2.82. The van der Waals surface area contributed by atoms with Crippen molar-refractivity contribution < 1.29 is 4.74 Å². The Labute approximate surface area is 117 Å². The summed E-state index contributed by atoms with van der Waals surface area (Å²) in [5, 5.41) is 5.31. The van der Waals surface area contributed by atoms with Gasteiger partial charge in [-0.25, -0.2) is 4.98 Å². The third-order valence-corrected chi connectivity index (χ3v) is 4.61. The molecule has 1 saturated heterocycles. The summed E-state index contributed by atoms with van der Waals surface area (Å²) in [6.45, 7) is 3.81. The van der Waals surface area contributed by atoms with Crippen LogP contribution in [0.3, 0.4) is 0 Å². The normalized spacial score (nSPS) is 23.3. The molecule has 2 aromatic heterocycles. The predicted octanol–water partition coefficient (Wildman–Crippen LogP) is 1.73. The number of hydrogen-bond acceptors (Lipinski definition) is 5. The Hall–Kier alpha value is -1.11. The molecule has 2 atom stereocenters. The van der Waals surface area contributed by atoms with Crippen LogP contribution in [-0.2, 0) is 11.3 Å². The minimum Gasteiger partial charge on any atom is -0.376 e. The largest absolute Gasteiger partial charge is 0.376 e. The molecule has 5 nitrogen and oxygen atoms in total. The lowest BCUT2D eigenvalue weighted by molar-refractivity contribution is 0.118. The van der Waals surface area contributed by atoms with Gasteiger partial charge in [0.1, 0.15) is 0 Å². The lowest BCUT2D eigenvalue weighted by atomic mass is 10.1. The Morgan fingerprint density at radius 3 is 3.16 bits per heavy atom. The molecule has 0 radical (unpaired) electrons. The van der Waals surface area contributed by atoms with Crippen LogP contribution in [0.15, 0.2) is 11.6 Å². The highest BCUT2D eigenvalue weighted by Gasteiger charge is 2.30. The van der Waals surface area contributed by atoms with Gasteiger partial charge < -0.3 is 15.0 Å². The standard InChI is InChI=1S/C13H20N4OS/c1-9-10(4-6-18-9)16(3)12-11(8-14-2)17-5-7-19-13(17)15-12/h5,7,9-10,14H,4,6,8H2,1-3H3. The van der Waals surface area contributed by atoms with E-state index in [1.54, 1.807) is 11.3 Å². The van der Waals surface area contributed by atoms with Crippen molar-refractivity contribution in [3.8, 4) is 0 Å². The van der Waals surface area contributed by atoms with Crippen molar-refractivity contribution in [1.82, 2.24) is 14.7 Å². The van der Waals surface area contributed by atoms with Crippen molar-refractivity contribution in [3.63, 3.8) is 0 Å². The Bertz CT molecular complexity index is 564. The number of nitrogens with one attached hydrogen (secondary N) is 1. The highest BCUT2D eigenvalue weighted by molar-refractivity contribution is 7.15. The number of imidazole rings is 1. The number of thiazole rings is 1. The maximum atomic E-state index is 5.67. The monoisotopic (exact) mass is 280 g/mol. The highest BCUT2D eigenvalue weighted by atomic mass is 32.1. The van der Waals surface area contributed by atoms with Crippen LogP contribution in [0.5, 0.6) is 0 Å². The van der Waals surface area contributed by atoms with E-state index < -0.39 is 0 Å². The molecule has 2 unspecified atom stereocenters. The second kappa shape index (κ2) is 5.11. The molecule has 104 valence electrons. The van der Waals surface area contributed by atoms with Crippen molar-refractivity contribution in [2.24, 2.45) is 0 Å². The van der Waals surface area contributed by atoms with Gasteiger partial charge >= 0.3 is 0 Å². The summed E-state index contributed by atoms with van der Waals surface area (Å²) in [6, 6.07) is 0.417. The van der Waals surface area contributed by atoms with Crippen LogP contribution in [0.1, 0.15) is 19.0 Å². The lowest BCUT2D eigenvalue weighted by Crippen LogP contribution is -2.37. The van der Waals surface area contributed by atoms with Crippen LogP contribution in [0.2, 0.25) is 0 Å². The minimum absolute atomic E-state index is 0.271. The molecular formula is C13H20N4OS. The minimum atomic E-state index is 0.271. The molecule has 1 N–H and O–H groups in total. The number of aromatic nitrogens is 2. The van der Waals surface area contributed by atoms with Crippen molar-refractivity contribution in [3.05, 3.63) is 17.3 Å². The van der Waals surface area contributed by atoms with E-state index >= 15 is 0 Å². The number of hydrogen-bond donors (Lipinski definition) is 1. The fourth-order valence-corrected chi connectivity index (χ4v) is 3.55. The van der Waals surface area contributed by atoms with E-state index in [1.165, 1.54) is 5.69 Å². The number of fused-ring (bicyclic) bond motifs is 1. The average Bonchev–Trinajstić information content (AvgIpc) is 3.06. The van der Waals surface area contributed by atoms with Gasteiger partial charge in [-0.15, -0.1) is 11.3 Å². The number of nitrogens with zero attached hydrogens (tertiary/aromatic N) is 3. The van der Waals surface area contributed by atoms with Crippen molar-refractivity contribution in [2.75, 3.05) is 25.6 Å². The van der Waals surface area contributed by atoms with Gasteiger partial charge in [0.2, 0.25) is 0 Å². The maximum absolute atomic E-state index is 5.67. The summed E-state index contributed by atoms with van der Waals surface area (Å²) in [4.78, 5) is 8.12. The first-order valence-corrected chi connectivity index (χ1v) is 7.53. The zero-order valence-corrected chi connectivity index (χ0v) is 12.4. The van der Waals surface area contributed by atoms with E-state index in [0.717, 1.165) is 30.4 Å². The van der Waals surface area contributed by atoms with Gasteiger partial charge in [0.05, 0.1) is 17.8 Å². The summed E-state index contributed by atoms with van der Waals surface area (Å²) in [6.07, 6.45) is 3.43. The van der Waals surface area contributed by atoms with Crippen LogP contribution in [0, 0.1) is 0 Å². The fraction of sp³-hybridized carbons (Fsp3) is 0.615. The first-order chi connectivity index (χ1) is 9.22. The van der Waals surface area contributed by atoms with E-state index in [4.69, 9.17) is 9.72 Å². The van der Waals surface area contributed by atoms with Gasteiger partial charge in [0.15, 0.2) is 10.8 Å². The molecule has 19 heavy (non-hydrogen) atoms. The van der Waals surface area contributed by atoms with Crippen LogP contribution in [0.25, 0.3) is 4.96 Å². The van der Waals surface area contributed by atoms with Gasteiger partial charge in [-0.2, -0.15) is 0 Å². The summed E-state index contributed by atoms with van der Waals surface area (Å²) >= 11 is 1.68. The second-order valence-corrected chi connectivity index (χ2v) is 5.88. The number of likely N-dealkylation sites (N-methyl/N-ethyl adjacent to an activating group) is 1. The highest BCUT2D eigenvalue weighted by Crippen LogP contribution is 2.29. The Kier molecular flexibility index (Phi) is 3.47. The van der Waals surface area contributed by atoms with E-state index in [0.29, 0.717) is 6.04 Å². The molecule has 2 aromatic rings. The van der Waals surface area contributed by atoms with Crippen LogP contribution in [-0.4, -0.2) is 42.2 Å². The number of rotatable bonds is 4. The van der Waals surface area contributed by atoms with Crippen molar-refractivity contribution >= 4 is 22.1 Å². The molecule has 1 aliphatic rings. The molecule has 0 saturated carbocycles. The van der Waals surface area contributed by atoms with Crippen molar-refractivity contribution in [2.45, 2.75) is 32.0 Å². The summed E-state index contributed by atoms with van der Waals surface area (Å²) in [7, 11) is 4.10. The molecular weight excluding hydrogens is 260 g/mol. The summed E-state index contributed by atoms with van der Waals surface area (Å²) in [5.74, 6) is 1.07. The van der Waals surface area contributed by atoms with Gasteiger partial charge in [-0.3, -0.25) is 4.40 Å². The zero-order chi connectivity index (χ0) is 13.4. The van der Waals surface area contributed by atoms with Crippen molar-refractivity contribution in [1.29, 1.82) is 0 Å². The molecule has 1 fully saturated rings. The zero-order valence-electron chi connectivity index (χ0n) is 11.6. The third kappa shape index (κ3) is 2.13.